The minimum atomic E-state index is -1.97. The molecule has 4 aliphatic carbocycles. The zero-order valence-electron chi connectivity index (χ0n) is 23.0. The van der Waals surface area contributed by atoms with Gasteiger partial charge < -0.3 is 9.84 Å². The number of carbonyl (C=O) groups is 3. The van der Waals surface area contributed by atoms with Gasteiger partial charge in [-0.15, -0.1) is 0 Å². The smallest absolute Gasteiger partial charge is 0.306 e. The predicted molar refractivity (Wildman–Crippen MR) is 144 cm³/mol. The SMILES string of the molecule is CCCCSCC(=O)[C@@]1(OC(=O)CCC)[C@@H](C)C[C@H]2[C@@H]3CCC4=CC(=O)C=C[C@]4(C)[C@@]3(F)[C@@H](O)C[C@@]21C. The molecule has 0 unspecified atom stereocenters. The van der Waals surface area contributed by atoms with Crippen LogP contribution in [0.15, 0.2) is 23.8 Å². The fourth-order valence-electron chi connectivity index (χ4n) is 8.35. The Hall–Kier alpha value is -1.47. The Bertz CT molecular complexity index is 1010. The highest BCUT2D eigenvalue weighted by atomic mass is 32.2. The van der Waals surface area contributed by atoms with Crippen LogP contribution in [-0.4, -0.2) is 51.5 Å². The van der Waals surface area contributed by atoms with Crippen molar-refractivity contribution in [3.63, 3.8) is 0 Å². The number of esters is 1. The maximum Gasteiger partial charge on any atom is 0.306 e. The number of aliphatic hydroxyl groups excluding tert-OH is 1. The molecule has 0 aromatic rings. The molecule has 8 atom stereocenters. The van der Waals surface area contributed by atoms with E-state index in [1.807, 2.05) is 20.8 Å². The molecule has 3 fully saturated rings. The van der Waals surface area contributed by atoms with Crippen LogP contribution in [0.1, 0.15) is 86.0 Å². The van der Waals surface area contributed by atoms with Crippen LogP contribution in [0.2, 0.25) is 0 Å². The van der Waals surface area contributed by atoms with E-state index in [4.69, 9.17) is 4.74 Å². The van der Waals surface area contributed by atoms with E-state index in [2.05, 4.69) is 6.92 Å². The number of alkyl halides is 1. The van der Waals surface area contributed by atoms with Gasteiger partial charge in [0.2, 0.25) is 0 Å². The number of aliphatic hydroxyl groups is 1. The van der Waals surface area contributed by atoms with Gasteiger partial charge in [0.05, 0.1) is 11.9 Å². The van der Waals surface area contributed by atoms with Gasteiger partial charge in [-0.25, -0.2) is 4.39 Å². The average molecular weight is 535 g/mol. The molecular formula is C30H43FO5S. The van der Waals surface area contributed by atoms with Gasteiger partial charge in [0, 0.05) is 29.1 Å². The van der Waals surface area contributed by atoms with Crippen LogP contribution in [0, 0.1) is 28.6 Å². The highest BCUT2D eigenvalue weighted by molar-refractivity contribution is 7.99. The molecule has 206 valence electrons. The molecule has 3 saturated carbocycles. The van der Waals surface area contributed by atoms with Crippen molar-refractivity contribution in [3.05, 3.63) is 23.8 Å². The first-order valence-corrected chi connectivity index (χ1v) is 15.2. The second-order valence-corrected chi connectivity index (χ2v) is 13.3. The number of Topliss-reactive ketones (excluding diaryl/α,β-unsaturated/α-hetero) is 1. The second-order valence-electron chi connectivity index (χ2n) is 12.2. The number of rotatable bonds is 9. The van der Waals surface area contributed by atoms with Crippen molar-refractivity contribution in [2.45, 2.75) is 103 Å². The van der Waals surface area contributed by atoms with Gasteiger partial charge in [0.1, 0.15) is 0 Å². The van der Waals surface area contributed by atoms with Gasteiger partial charge in [-0.05, 0) is 69.3 Å². The molecule has 0 aromatic heterocycles. The van der Waals surface area contributed by atoms with E-state index < -0.39 is 40.1 Å². The summed E-state index contributed by atoms with van der Waals surface area (Å²) < 4.78 is 23.7. The lowest BCUT2D eigenvalue weighted by Gasteiger charge is -2.62. The van der Waals surface area contributed by atoms with Crippen LogP contribution in [-0.2, 0) is 19.1 Å². The maximum absolute atomic E-state index is 17.5. The van der Waals surface area contributed by atoms with Crippen molar-refractivity contribution < 1.29 is 28.6 Å². The third-order valence-corrected chi connectivity index (χ3v) is 11.2. The Labute approximate surface area is 225 Å². The average Bonchev–Trinajstić information content (AvgIpc) is 3.05. The quantitative estimate of drug-likeness (QED) is 0.298. The number of carbonyl (C=O) groups excluding carboxylic acids is 3. The molecule has 0 amide bonds. The molecule has 4 rings (SSSR count). The van der Waals surface area contributed by atoms with Crippen LogP contribution in [0.25, 0.3) is 0 Å². The third-order valence-electron chi connectivity index (χ3n) is 10.2. The summed E-state index contributed by atoms with van der Waals surface area (Å²) in [7, 11) is 0. The first-order valence-electron chi connectivity index (χ1n) is 14.1. The number of ketones is 2. The van der Waals surface area contributed by atoms with Crippen LogP contribution in [0.5, 0.6) is 0 Å². The summed E-state index contributed by atoms with van der Waals surface area (Å²) in [4.78, 5) is 39.2. The molecule has 0 radical (unpaired) electrons. The fraction of sp³-hybridized carbons (Fsp3) is 0.767. The van der Waals surface area contributed by atoms with E-state index in [0.717, 1.165) is 24.2 Å². The zero-order valence-corrected chi connectivity index (χ0v) is 23.8. The molecule has 4 aliphatic rings. The summed E-state index contributed by atoms with van der Waals surface area (Å²) in [6, 6.07) is 0. The molecule has 0 heterocycles. The normalized spacial score (nSPS) is 42.5. The maximum atomic E-state index is 17.5. The van der Waals surface area contributed by atoms with E-state index in [1.54, 1.807) is 24.8 Å². The van der Waals surface area contributed by atoms with Crippen molar-refractivity contribution in [3.8, 4) is 0 Å². The van der Waals surface area contributed by atoms with Gasteiger partial charge in [0.25, 0.3) is 0 Å². The summed E-state index contributed by atoms with van der Waals surface area (Å²) >= 11 is 1.56. The number of hydrogen-bond donors (Lipinski definition) is 1. The summed E-state index contributed by atoms with van der Waals surface area (Å²) in [5.41, 5.74) is -4.60. The Morgan fingerprint density at radius 3 is 2.62 bits per heavy atom. The van der Waals surface area contributed by atoms with Crippen molar-refractivity contribution >= 4 is 29.3 Å². The number of ether oxygens (including phenoxy) is 1. The number of thioether (sulfide) groups is 1. The Balaban J connectivity index is 1.76. The number of halogens is 1. The van der Waals surface area contributed by atoms with Gasteiger partial charge in [-0.2, -0.15) is 11.8 Å². The van der Waals surface area contributed by atoms with E-state index in [0.29, 0.717) is 25.7 Å². The minimum Gasteiger partial charge on any atom is -0.450 e. The lowest BCUT2D eigenvalue weighted by Crippen LogP contribution is -2.70. The molecule has 0 saturated heterocycles. The van der Waals surface area contributed by atoms with Gasteiger partial charge in [-0.3, -0.25) is 14.4 Å². The zero-order chi connectivity index (χ0) is 27.2. The summed E-state index contributed by atoms with van der Waals surface area (Å²) in [6.45, 7) is 9.71. The van der Waals surface area contributed by atoms with E-state index in [9.17, 15) is 19.5 Å². The first-order chi connectivity index (χ1) is 17.4. The molecule has 7 heteroatoms. The topological polar surface area (TPSA) is 80.7 Å². The highest BCUT2D eigenvalue weighted by Gasteiger charge is 2.77. The number of unbranched alkanes of at least 4 members (excludes halogenated alkanes) is 1. The minimum absolute atomic E-state index is 0.0322. The molecule has 0 bridgehead atoms. The largest absolute Gasteiger partial charge is 0.450 e. The lowest BCUT2D eigenvalue weighted by atomic mass is 9.44. The molecule has 1 N–H and O–H groups in total. The molecular weight excluding hydrogens is 491 g/mol. The lowest BCUT2D eigenvalue weighted by molar-refractivity contribution is -0.227. The third kappa shape index (κ3) is 4.09. The van der Waals surface area contributed by atoms with Crippen molar-refractivity contribution in [2.75, 3.05) is 11.5 Å². The molecule has 0 spiro atoms. The Kier molecular flexibility index (Phi) is 7.91. The van der Waals surface area contributed by atoms with Gasteiger partial charge >= 0.3 is 5.97 Å². The summed E-state index contributed by atoms with van der Waals surface area (Å²) in [5, 5.41) is 11.7. The predicted octanol–water partition coefficient (Wildman–Crippen LogP) is 5.79. The number of allylic oxidation sites excluding steroid dienone is 4. The van der Waals surface area contributed by atoms with E-state index in [1.165, 1.54) is 12.2 Å². The summed E-state index contributed by atoms with van der Waals surface area (Å²) in [5.74, 6) is -0.604. The summed E-state index contributed by atoms with van der Waals surface area (Å²) in [6.07, 6.45) is 7.75. The standard InChI is InChI=1S/C30H43FO5S/c1-6-8-14-37-18-25(34)30(36-26(35)9-7-2)19(3)15-23-22-11-10-20-16-21(32)12-13-27(20,4)29(22,31)24(33)17-28(23,30)5/h12-13,16,19,22-24,33H,6-11,14-15,17-18H2,1-5H3/t19-,22-,23-,24-,27-,28-,29-,30-/m0/s1. The molecule has 0 aliphatic heterocycles. The monoisotopic (exact) mass is 534 g/mol. The van der Waals surface area contributed by atoms with Crippen molar-refractivity contribution in [1.29, 1.82) is 0 Å². The van der Waals surface area contributed by atoms with Gasteiger partial charge in [0.15, 0.2) is 22.8 Å². The highest BCUT2D eigenvalue weighted by Crippen LogP contribution is 2.71. The first kappa shape index (κ1) is 28.5. The molecule has 5 nitrogen and oxygen atoms in total. The Morgan fingerprint density at radius 2 is 1.95 bits per heavy atom. The van der Waals surface area contributed by atoms with Crippen molar-refractivity contribution in [1.82, 2.24) is 0 Å². The fourth-order valence-corrected chi connectivity index (χ4v) is 9.39. The van der Waals surface area contributed by atoms with Crippen LogP contribution in [0.4, 0.5) is 4.39 Å². The van der Waals surface area contributed by atoms with Crippen LogP contribution < -0.4 is 0 Å². The van der Waals surface area contributed by atoms with Crippen LogP contribution >= 0.6 is 11.8 Å². The van der Waals surface area contributed by atoms with Crippen molar-refractivity contribution in [2.24, 2.45) is 28.6 Å². The van der Waals surface area contributed by atoms with Crippen LogP contribution in [0.3, 0.4) is 0 Å². The van der Waals surface area contributed by atoms with E-state index in [-0.39, 0.29) is 42.0 Å². The molecule has 0 aromatic carbocycles. The Morgan fingerprint density at radius 1 is 1.22 bits per heavy atom. The van der Waals surface area contributed by atoms with Gasteiger partial charge in [-0.1, -0.05) is 45.8 Å². The number of fused-ring (bicyclic) bond motifs is 5. The second kappa shape index (κ2) is 10.3. The number of hydrogen-bond acceptors (Lipinski definition) is 6. The van der Waals surface area contributed by atoms with E-state index >= 15 is 4.39 Å². The molecule has 37 heavy (non-hydrogen) atoms.